The van der Waals surface area contributed by atoms with Crippen LogP contribution in [0.25, 0.3) is 5.69 Å². The molecule has 1 heterocycles. The zero-order chi connectivity index (χ0) is 18.3. The number of hydrogen-bond donors (Lipinski definition) is 1. The van der Waals surface area contributed by atoms with E-state index in [2.05, 4.69) is 10.4 Å². The molecule has 4 rings (SSSR count). The van der Waals surface area contributed by atoms with E-state index >= 15 is 0 Å². The summed E-state index contributed by atoms with van der Waals surface area (Å²) in [5.41, 5.74) is 6.18. The van der Waals surface area contributed by atoms with Crippen LogP contribution in [0, 0.1) is 19.7 Å². The number of carbonyl (C=O) groups is 1. The quantitative estimate of drug-likeness (QED) is 0.763. The van der Waals surface area contributed by atoms with Crippen molar-refractivity contribution in [2.24, 2.45) is 0 Å². The summed E-state index contributed by atoms with van der Waals surface area (Å²) in [6.07, 6.45) is 2.71. The van der Waals surface area contributed by atoms with E-state index in [1.807, 2.05) is 32.0 Å². The molecule has 3 aromatic rings. The molecule has 0 radical (unpaired) electrons. The Labute approximate surface area is 151 Å². The number of benzene rings is 2. The Hall–Kier alpha value is -2.95. The third kappa shape index (κ3) is 2.90. The standard InChI is InChI=1S/C21H20FN3O/c1-13-6-7-14(2)18(12-13)23-21(26)20-17-4-3-5-19(17)25(24-20)16-10-8-15(22)9-11-16/h6-12H,3-5H2,1-2H3,(H,23,26). The minimum atomic E-state index is -0.287. The van der Waals surface area contributed by atoms with Crippen molar-refractivity contribution in [2.75, 3.05) is 5.32 Å². The molecule has 26 heavy (non-hydrogen) atoms. The van der Waals surface area contributed by atoms with Crippen LogP contribution in [0.5, 0.6) is 0 Å². The lowest BCUT2D eigenvalue weighted by molar-refractivity contribution is 0.102. The zero-order valence-corrected chi connectivity index (χ0v) is 14.8. The minimum absolute atomic E-state index is 0.197. The number of aromatic nitrogens is 2. The van der Waals surface area contributed by atoms with E-state index < -0.39 is 0 Å². The highest BCUT2D eigenvalue weighted by Gasteiger charge is 2.27. The molecule has 1 aromatic heterocycles. The first-order valence-electron chi connectivity index (χ1n) is 8.78. The third-order valence-electron chi connectivity index (χ3n) is 4.86. The summed E-state index contributed by atoms with van der Waals surface area (Å²) in [4.78, 5) is 12.9. The predicted molar refractivity (Wildman–Crippen MR) is 99.4 cm³/mol. The molecule has 0 saturated heterocycles. The number of carbonyl (C=O) groups excluding carboxylic acids is 1. The van der Waals surface area contributed by atoms with Crippen molar-refractivity contribution in [3.05, 3.63) is 76.4 Å². The van der Waals surface area contributed by atoms with Gasteiger partial charge in [-0.25, -0.2) is 9.07 Å². The maximum absolute atomic E-state index is 13.2. The number of rotatable bonds is 3. The fourth-order valence-corrected chi connectivity index (χ4v) is 3.47. The van der Waals surface area contributed by atoms with E-state index in [-0.39, 0.29) is 11.7 Å². The van der Waals surface area contributed by atoms with Crippen molar-refractivity contribution in [2.45, 2.75) is 33.1 Å². The van der Waals surface area contributed by atoms with Crippen LogP contribution in [0.2, 0.25) is 0 Å². The highest BCUT2D eigenvalue weighted by atomic mass is 19.1. The topological polar surface area (TPSA) is 46.9 Å². The second-order valence-corrected chi connectivity index (χ2v) is 6.79. The Bertz CT molecular complexity index is 989. The lowest BCUT2D eigenvalue weighted by Gasteiger charge is -2.09. The lowest BCUT2D eigenvalue weighted by atomic mass is 10.1. The van der Waals surface area contributed by atoms with Crippen molar-refractivity contribution in [1.29, 1.82) is 0 Å². The molecule has 132 valence electrons. The number of anilines is 1. The van der Waals surface area contributed by atoms with Crippen LogP contribution in [0.15, 0.2) is 42.5 Å². The normalized spacial score (nSPS) is 12.9. The van der Waals surface area contributed by atoms with Gasteiger partial charge in [-0.1, -0.05) is 12.1 Å². The van der Waals surface area contributed by atoms with Gasteiger partial charge >= 0.3 is 0 Å². The molecule has 0 atom stereocenters. The Morgan fingerprint density at radius 2 is 1.88 bits per heavy atom. The van der Waals surface area contributed by atoms with Crippen molar-refractivity contribution < 1.29 is 9.18 Å². The molecule has 0 aliphatic heterocycles. The smallest absolute Gasteiger partial charge is 0.276 e. The number of fused-ring (bicyclic) bond motifs is 1. The van der Waals surface area contributed by atoms with Gasteiger partial charge in [0.15, 0.2) is 5.69 Å². The molecule has 0 fully saturated rings. The summed E-state index contributed by atoms with van der Waals surface area (Å²) >= 11 is 0. The molecule has 1 aliphatic carbocycles. The molecule has 1 amide bonds. The molecule has 0 bridgehead atoms. The molecule has 0 spiro atoms. The van der Waals surface area contributed by atoms with Crippen LogP contribution in [0.1, 0.15) is 39.3 Å². The summed E-state index contributed by atoms with van der Waals surface area (Å²) in [5, 5.41) is 7.56. The van der Waals surface area contributed by atoms with E-state index in [0.29, 0.717) is 5.69 Å². The van der Waals surface area contributed by atoms with Gasteiger partial charge in [-0.15, -0.1) is 0 Å². The fraction of sp³-hybridized carbons (Fsp3) is 0.238. The molecule has 5 heteroatoms. The van der Waals surface area contributed by atoms with Crippen molar-refractivity contribution >= 4 is 11.6 Å². The number of halogens is 1. The van der Waals surface area contributed by atoms with Crippen molar-refractivity contribution in [3.8, 4) is 5.69 Å². The molecule has 1 N–H and O–H groups in total. The van der Waals surface area contributed by atoms with Gasteiger partial charge in [0.1, 0.15) is 5.82 Å². The summed E-state index contributed by atoms with van der Waals surface area (Å²) in [5.74, 6) is -0.483. The number of nitrogens with one attached hydrogen (secondary N) is 1. The Kier molecular flexibility index (Phi) is 4.07. The summed E-state index contributed by atoms with van der Waals surface area (Å²) in [7, 11) is 0. The van der Waals surface area contributed by atoms with Gasteiger partial charge in [0.05, 0.1) is 5.69 Å². The lowest BCUT2D eigenvalue weighted by Crippen LogP contribution is -2.15. The number of amides is 1. The van der Waals surface area contributed by atoms with Crippen LogP contribution in [0.4, 0.5) is 10.1 Å². The Morgan fingerprint density at radius 1 is 1.12 bits per heavy atom. The highest BCUT2D eigenvalue weighted by Crippen LogP contribution is 2.29. The molecular formula is C21H20FN3O. The van der Waals surface area contributed by atoms with Crippen molar-refractivity contribution in [1.82, 2.24) is 9.78 Å². The van der Waals surface area contributed by atoms with Gasteiger partial charge in [0, 0.05) is 16.9 Å². The summed E-state index contributed by atoms with van der Waals surface area (Å²) < 4.78 is 15.0. The minimum Gasteiger partial charge on any atom is -0.320 e. The molecule has 1 aliphatic rings. The summed E-state index contributed by atoms with van der Waals surface area (Å²) in [6.45, 7) is 3.96. The summed E-state index contributed by atoms with van der Waals surface area (Å²) in [6, 6.07) is 12.2. The van der Waals surface area contributed by atoms with Gasteiger partial charge in [0.2, 0.25) is 0 Å². The van der Waals surface area contributed by atoms with E-state index in [0.717, 1.165) is 53.0 Å². The van der Waals surface area contributed by atoms with E-state index in [4.69, 9.17) is 0 Å². The number of aryl methyl sites for hydroxylation is 2. The van der Waals surface area contributed by atoms with Crippen molar-refractivity contribution in [3.63, 3.8) is 0 Å². The van der Waals surface area contributed by atoms with Crippen LogP contribution >= 0.6 is 0 Å². The Morgan fingerprint density at radius 3 is 2.65 bits per heavy atom. The van der Waals surface area contributed by atoms with Crippen LogP contribution in [-0.4, -0.2) is 15.7 Å². The first-order chi connectivity index (χ1) is 12.5. The maximum atomic E-state index is 13.2. The average Bonchev–Trinajstić information content (AvgIpc) is 3.21. The first-order valence-corrected chi connectivity index (χ1v) is 8.78. The van der Waals surface area contributed by atoms with Crippen LogP contribution in [0.3, 0.4) is 0 Å². The maximum Gasteiger partial charge on any atom is 0.276 e. The number of hydrogen-bond acceptors (Lipinski definition) is 2. The van der Waals surface area contributed by atoms with E-state index in [1.54, 1.807) is 16.8 Å². The second-order valence-electron chi connectivity index (χ2n) is 6.79. The predicted octanol–water partition coefficient (Wildman–Crippen LogP) is 4.37. The first kappa shape index (κ1) is 16.5. The zero-order valence-electron chi connectivity index (χ0n) is 14.8. The van der Waals surface area contributed by atoms with E-state index in [1.165, 1.54) is 12.1 Å². The monoisotopic (exact) mass is 349 g/mol. The largest absolute Gasteiger partial charge is 0.320 e. The van der Waals surface area contributed by atoms with Crippen LogP contribution < -0.4 is 5.32 Å². The second kappa shape index (κ2) is 6.41. The fourth-order valence-electron chi connectivity index (χ4n) is 3.47. The molecule has 2 aromatic carbocycles. The van der Waals surface area contributed by atoms with Gasteiger partial charge in [-0.3, -0.25) is 4.79 Å². The number of nitrogens with zero attached hydrogens (tertiary/aromatic N) is 2. The molecule has 0 unspecified atom stereocenters. The van der Waals surface area contributed by atoms with Crippen LogP contribution in [-0.2, 0) is 12.8 Å². The molecular weight excluding hydrogens is 329 g/mol. The molecule has 0 saturated carbocycles. The average molecular weight is 349 g/mol. The van der Waals surface area contributed by atoms with Gasteiger partial charge in [-0.05, 0) is 74.6 Å². The SMILES string of the molecule is Cc1ccc(C)c(NC(=O)c2nn(-c3ccc(F)cc3)c3c2CCC3)c1. The van der Waals surface area contributed by atoms with Gasteiger partial charge < -0.3 is 5.32 Å². The van der Waals surface area contributed by atoms with E-state index in [9.17, 15) is 9.18 Å². The van der Waals surface area contributed by atoms with Gasteiger partial charge in [0.25, 0.3) is 5.91 Å². The van der Waals surface area contributed by atoms with Gasteiger partial charge in [-0.2, -0.15) is 5.10 Å². The molecule has 4 nitrogen and oxygen atoms in total. The highest BCUT2D eigenvalue weighted by molar-refractivity contribution is 6.04. The third-order valence-corrected chi connectivity index (χ3v) is 4.86. The Balaban J connectivity index is 1.71.